The first-order chi connectivity index (χ1) is 25.4. The summed E-state index contributed by atoms with van der Waals surface area (Å²) in [6, 6.07) is 11.6. The van der Waals surface area contributed by atoms with Gasteiger partial charge in [-0.05, 0) is 12.1 Å². The Morgan fingerprint density at radius 2 is 1.54 bits per heavy atom. The summed E-state index contributed by atoms with van der Waals surface area (Å²) in [5, 5.41) is 3.85. The molecule has 0 aliphatic carbocycles. The zero-order chi connectivity index (χ0) is 39.6. The number of hydrogen-bond acceptors (Lipinski definition) is 11. The van der Waals surface area contributed by atoms with Gasteiger partial charge in [0.15, 0.2) is 0 Å². The molecule has 0 radical (unpaired) electrons. The quantitative estimate of drug-likeness (QED) is 0.168. The van der Waals surface area contributed by atoms with Crippen LogP contribution in [0.4, 0.5) is 10.6 Å². The SMILES string of the molecule is CCCCN(CCc1ccc2nc(C(C[PH]3(O)N(C)CC(C)(C)CN3C)[PH]3(O)N(C)CC(C)(C)CN3C)c(OC)cc2c1)C(=O)Nc1ccc(OC)cn1. The molecule has 302 valence electrons. The number of nitrogens with zero attached hydrogens (tertiary/aromatic N) is 7. The molecule has 1 atom stereocenters. The van der Waals surface area contributed by atoms with Crippen LogP contribution in [0.25, 0.3) is 10.9 Å². The van der Waals surface area contributed by atoms with Crippen LogP contribution in [0.2, 0.25) is 0 Å². The predicted octanol–water partition coefficient (Wildman–Crippen LogP) is 6.35. The van der Waals surface area contributed by atoms with E-state index in [2.05, 4.69) is 75.7 Å². The summed E-state index contributed by atoms with van der Waals surface area (Å²) >= 11 is 0. The molecular weight excluding hydrogens is 722 g/mol. The summed E-state index contributed by atoms with van der Waals surface area (Å²) in [6.45, 7) is 15.2. The van der Waals surface area contributed by atoms with Crippen molar-refractivity contribution in [2.75, 3.05) is 93.2 Å². The van der Waals surface area contributed by atoms with E-state index < -0.39 is 21.2 Å². The second-order valence-corrected chi connectivity index (χ2v) is 24.3. The topological polar surface area (TPSA) is 130 Å². The van der Waals surface area contributed by atoms with Crippen molar-refractivity contribution in [2.24, 2.45) is 10.8 Å². The number of fused-ring (bicyclic) bond motifs is 1. The van der Waals surface area contributed by atoms with Crippen LogP contribution < -0.4 is 14.8 Å². The molecule has 2 fully saturated rings. The van der Waals surface area contributed by atoms with Gasteiger partial charge in [-0.2, -0.15) is 0 Å². The Morgan fingerprint density at radius 1 is 0.907 bits per heavy atom. The number of benzene rings is 1. The fourth-order valence-electron chi connectivity index (χ4n) is 8.75. The Hall–Kier alpha value is -2.73. The summed E-state index contributed by atoms with van der Waals surface area (Å²) in [7, 11) is 4.64. The number of anilines is 1. The smallest absolute Gasteiger partial charge is 0.495 e. The number of amides is 2. The number of hydrogen-bond donors (Lipinski definition) is 3. The molecule has 2 saturated heterocycles. The van der Waals surface area contributed by atoms with Crippen molar-refractivity contribution in [3.63, 3.8) is 0 Å². The first kappa shape index (κ1) is 42.4. The van der Waals surface area contributed by atoms with Crippen LogP contribution in [0.5, 0.6) is 11.5 Å². The molecule has 2 amide bonds. The Kier molecular flexibility index (Phi) is 13.2. The van der Waals surface area contributed by atoms with Crippen molar-refractivity contribution >= 4 is 38.3 Å². The Balaban J connectivity index is 1.47. The Morgan fingerprint density at radius 3 is 2.09 bits per heavy atom. The Labute approximate surface area is 324 Å². The second kappa shape index (κ2) is 16.8. The van der Waals surface area contributed by atoms with Gasteiger partial charge in [0.05, 0.1) is 13.3 Å². The fourth-order valence-corrected chi connectivity index (χ4v) is 17.5. The number of methoxy groups -OCH3 is 2. The second-order valence-electron chi connectivity index (χ2n) is 17.2. The number of carbonyl (C=O) groups excluding carboxylic acids is 1. The number of carbonyl (C=O) groups is 1. The normalized spacial score (nSPS) is 21.9. The van der Waals surface area contributed by atoms with Gasteiger partial charge in [0, 0.05) is 0 Å². The summed E-state index contributed by atoms with van der Waals surface area (Å²) in [4.78, 5) is 50.5. The van der Waals surface area contributed by atoms with Crippen LogP contribution in [0.1, 0.15) is 64.4 Å². The van der Waals surface area contributed by atoms with E-state index in [4.69, 9.17) is 14.5 Å². The summed E-state index contributed by atoms with van der Waals surface area (Å²) < 4.78 is 19.9. The van der Waals surface area contributed by atoms with Gasteiger partial charge in [-0.15, -0.1) is 0 Å². The van der Waals surface area contributed by atoms with Gasteiger partial charge >= 0.3 is 265 Å². The van der Waals surface area contributed by atoms with E-state index in [0.717, 1.165) is 55.5 Å². The van der Waals surface area contributed by atoms with Crippen LogP contribution in [0.15, 0.2) is 42.6 Å². The number of urea groups is 1. The van der Waals surface area contributed by atoms with Gasteiger partial charge in [0.1, 0.15) is 11.6 Å². The van der Waals surface area contributed by atoms with E-state index in [1.807, 2.05) is 45.2 Å². The molecule has 54 heavy (non-hydrogen) atoms. The minimum atomic E-state index is -3.46. The number of rotatable bonds is 13. The average molecular weight is 789 g/mol. The van der Waals surface area contributed by atoms with Crippen LogP contribution in [0.3, 0.4) is 0 Å². The van der Waals surface area contributed by atoms with Crippen LogP contribution >= 0.6 is 15.6 Å². The van der Waals surface area contributed by atoms with Crippen molar-refractivity contribution in [1.29, 1.82) is 0 Å². The van der Waals surface area contributed by atoms with Gasteiger partial charge in [0.2, 0.25) is 0 Å². The molecular formula is C39H66N8O5P2. The molecule has 2 aliphatic rings. The van der Waals surface area contributed by atoms with E-state index >= 15 is 0 Å². The van der Waals surface area contributed by atoms with Gasteiger partial charge < -0.3 is 4.74 Å². The number of unbranched alkanes of at least 4 members (excludes halogenated alkanes) is 1. The van der Waals surface area contributed by atoms with Crippen LogP contribution in [-0.2, 0) is 6.42 Å². The van der Waals surface area contributed by atoms with Gasteiger partial charge in [-0.1, -0.05) is 13.3 Å². The van der Waals surface area contributed by atoms with Crippen molar-refractivity contribution in [3.05, 3.63) is 53.9 Å². The molecule has 3 aromatic rings. The predicted molar refractivity (Wildman–Crippen MR) is 225 cm³/mol. The van der Waals surface area contributed by atoms with Crippen molar-refractivity contribution < 1.29 is 24.1 Å². The fraction of sp³-hybridized carbons (Fsp3) is 0.615. The van der Waals surface area contributed by atoms with Crippen molar-refractivity contribution in [2.45, 2.75) is 59.5 Å². The van der Waals surface area contributed by atoms with E-state index in [0.29, 0.717) is 48.7 Å². The van der Waals surface area contributed by atoms with E-state index in [-0.39, 0.29) is 16.9 Å². The molecule has 0 saturated carbocycles. The third kappa shape index (κ3) is 9.11. The molecule has 2 aromatic heterocycles. The summed E-state index contributed by atoms with van der Waals surface area (Å²) in [5.74, 6) is 1.71. The molecule has 13 nitrogen and oxygen atoms in total. The van der Waals surface area contributed by atoms with Gasteiger partial charge in [-0.3, -0.25) is 0 Å². The zero-order valence-corrected chi connectivity index (χ0v) is 36.4. The molecule has 4 heterocycles. The zero-order valence-electron chi connectivity index (χ0n) is 34.4. The van der Waals surface area contributed by atoms with Crippen LogP contribution in [-0.4, -0.2) is 137 Å². The number of nitrogens with one attached hydrogen (secondary N) is 1. The molecule has 1 aromatic carbocycles. The standard InChI is InChI=1S/C39H66N8O5P2/c1-12-13-19-47(37(48)42-35-17-15-31(51-10)23-40-35)20-18-29-14-16-32-30(21-29)22-33(52-11)36(41-32)34(54(50)45(8)27-39(4,5)28-46(54)9)24-53(49)43(6)25-38(2,3)26-44(53)7/h14-17,21-23,34,49-50,53-54H,12-13,18-20,24-28H2,1-11H3,(H,40,42,48). The third-order valence-corrected chi connectivity index (χ3v) is 19.4. The minimum Gasteiger partial charge on any atom is -0.495 e. The van der Waals surface area contributed by atoms with Gasteiger partial charge in [-0.25, -0.2) is 4.98 Å². The number of aromatic nitrogens is 2. The molecule has 1 unspecified atom stereocenters. The minimum absolute atomic E-state index is 0.0132. The molecule has 3 N–H and O–H groups in total. The first-order valence-corrected chi connectivity index (χ1v) is 23.2. The molecule has 15 heteroatoms. The van der Waals surface area contributed by atoms with Crippen molar-refractivity contribution in [3.8, 4) is 11.5 Å². The Bertz CT molecular complexity index is 1730. The van der Waals surface area contributed by atoms with E-state index in [1.54, 1.807) is 32.5 Å². The maximum atomic E-state index is 13.3. The first-order valence-electron chi connectivity index (χ1n) is 19.2. The maximum absolute atomic E-state index is 13.3. The summed E-state index contributed by atoms with van der Waals surface area (Å²) in [5.41, 5.74) is 2.11. The summed E-state index contributed by atoms with van der Waals surface area (Å²) in [6.07, 6.45) is 4.50. The molecule has 0 spiro atoms. The average Bonchev–Trinajstić information content (AvgIpc) is 3.11. The molecule has 0 bridgehead atoms. The monoisotopic (exact) mass is 788 g/mol. The van der Waals surface area contributed by atoms with E-state index in [1.165, 1.54) is 0 Å². The number of ether oxygens (including phenoxy) is 2. The van der Waals surface area contributed by atoms with Gasteiger partial charge in [0.25, 0.3) is 0 Å². The third-order valence-electron chi connectivity index (χ3n) is 11.3. The van der Waals surface area contributed by atoms with Crippen LogP contribution in [0, 0.1) is 10.8 Å². The molecule has 2 aliphatic heterocycles. The van der Waals surface area contributed by atoms with Crippen molar-refractivity contribution in [1.82, 2.24) is 33.5 Å². The number of pyridine rings is 2. The molecule has 5 rings (SSSR count). The van der Waals surface area contributed by atoms with E-state index in [9.17, 15) is 14.6 Å².